The SMILES string of the molecule is CCNC(c1cc2c(s1)CCC2)c1sccc1Cl. The van der Waals surface area contributed by atoms with Crippen LogP contribution in [0.2, 0.25) is 5.02 Å². The summed E-state index contributed by atoms with van der Waals surface area (Å²) in [6.07, 6.45) is 3.84. The van der Waals surface area contributed by atoms with Crippen LogP contribution in [0.15, 0.2) is 17.5 Å². The van der Waals surface area contributed by atoms with E-state index in [0.29, 0.717) is 0 Å². The molecule has 18 heavy (non-hydrogen) atoms. The van der Waals surface area contributed by atoms with Gasteiger partial charge in [0.15, 0.2) is 0 Å². The maximum absolute atomic E-state index is 6.29. The molecule has 2 aromatic heterocycles. The lowest BCUT2D eigenvalue weighted by molar-refractivity contribution is 0.648. The zero-order valence-corrected chi connectivity index (χ0v) is 12.7. The van der Waals surface area contributed by atoms with Crippen LogP contribution in [0.5, 0.6) is 0 Å². The van der Waals surface area contributed by atoms with Gasteiger partial charge in [0, 0.05) is 14.6 Å². The van der Waals surface area contributed by atoms with E-state index in [1.54, 1.807) is 21.8 Å². The molecule has 0 aliphatic heterocycles. The molecule has 1 nitrogen and oxygen atoms in total. The Morgan fingerprint density at radius 3 is 3.00 bits per heavy atom. The van der Waals surface area contributed by atoms with E-state index in [-0.39, 0.29) is 6.04 Å². The van der Waals surface area contributed by atoms with E-state index >= 15 is 0 Å². The topological polar surface area (TPSA) is 12.0 Å². The molecule has 3 rings (SSSR count). The standard InChI is InChI=1S/C14H16ClNS2/c1-2-16-13(14-10(15)6-7-17-14)12-8-9-4-3-5-11(9)18-12/h6-8,13,16H,2-5H2,1H3. The number of fused-ring (bicyclic) bond motifs is 1. The number of halogens is 1. The maximum atomic E-state index is 6.29. The molecule has 4 heteroatoms. The van der Waals surface area contributed by atoms with Gasteiger partial charge in [-0.15, -0.1) is 22.7 Å². The summed E-state index contributed by atoms with van der Waals surface area (Å²) < 4.78 is 0. The van der Waals surface area contributed by atoms with Gasteiger partial charge in [-0.3, -0.25) is 0 Å². The van der Waals surface area contributed by atoms with E-state index in [9.17, 15) is 0 Å². The van der Waals surface area contributed by atoms with Crippen molar-refractivity contribution in [2.45, 2.75) is 32.2 Å². The van der Waals surface area contributed by atoms with Crippen LogP contribution in [0.1, 0.15) is 39.6 Å². The van der Waals surface area contributed by atoms with Gasteiger partial charge in [-0.1, -0.05) is 18.5 Å². The van der Waals surface area contributed by atoms with Crippen LogP contribution in [0, 0.1) is 0 Å². The van der Waals surface area contributed by atoms with Crippen molar-refractivity contribution >= 4 is 34.3 Å². The van der Waals surface area contributed by atoms with Crippen molar-refractivity contribution < 1.29 is 0 Å². The van der Waals surface area contributed by atoms with E-state index in [4.69, 9.17) is 11.6 Å². The Balaban J connectivity index is 1.96. The average molecular weight is 298 g/mol. The molecule has 0 saturated carbocycles. The molecule has 1 atom stereocenters. The van der Waals surface area contributed by atoms with Crippen LogP contribution in [-0.4, -0.2) is 6.54 Å². The molecular formula is C14H16ClNS2. The first-order valence-electron chi connectivity index (χ1n) is 6.37. The molecule has 0 amide bonds. The summed E-state index contributed by atoms with van der Waals surface area (Å²) in [5.41, 5.74) is 1.56. The smallest absolute Gasteiger partial charge is 0.0780 e. The predicted octanol–water partition coefficient (Wildman–Crippen LogP) is 4.65. The van der Waals surface area contributed by atoms with Crippen molar-refractivity contribution in [1.29, 1.82) is 0 Å². The monoisotopic (exact) mass is 297 g/mol. The number of nitrogens with one attached hydrogen (secondary N) is 1. The molecule has 0 bridgehead atoms. The van der Waals surface area contributed by atoms with Crippen molar-refractivity contribution in [2.24, 2.45) is 0 Å². The Bertz CT molecular complexity index is 522. The molecule has 1 aliphatic rings. The molecule has 96 valence electrons. The van der Waals surface area contributed by atoms with E-state index in [2.05, 4.69) is 23.7 Å². The summed E-state index contributed by atoms with van der Waals surface area (Å²) in [4.78, 5) is 4.25. The highest BCUT2D eigenvalue weighted by molar-refractivity contribution is 7.13. The first kappa shape index (κ1) is 12.7. The third-order valence-electron chi connectivity index (χ3n) is 3.37. The predicted molar refractivity (Wildman–Crippen MR) is 81.2 cm³/mol. The van der Waals surface area contributed by atoms with Crippen LogP contribution < -0.4 is 5.32 Å². The maximum Gasteiger partial charge on any atom is 0.0780 e. The van der Waals surface area contributed by atoms with Crippen LogP contribution in [0.4, 0.5) is 0 Å². The second kappa shape index (κ2) is 5.33. The Hall–Kier alpha value is -0.350. The third kappa shape index (κ3) is 2.25. The van der Waals surface area contributed by atoms with Crippen LogP contribution in [0.25, 0.3) is 0 Å². The molecule has 0 aromatic carbocycles. The Morgan fingerprint density at radius 1 is 1.44 bits per heavy atom. The van der Waals surface area contributed by atoms with Gasteiger partial charge >= 0.3 is 0 Å². The van der Waals surface area contributed by atoms with Gasteiger partial charge in [0.1, 0.15) is 0 Å². The fourth-order valence-corrected chi connectivity index (χ4v) is 5.21. The lowest BCUT2D eigenvalue weighted by Crippen LogP contribution is -2.20. The molecule has 0 fully saturated rings. The summed E-state index contributed by atoms with van der Waals surface area (Å²) in [6, 6.07) is 4.65. The highest BCUT2D eigenvalue weighted by Gasteiger charge is 2.23. The quantitative estimate of drug-likeness (QED) is 0.866. The fraction of sp³-hybridized carbons (Fsp3) is 0.429. The average Bonchev–Trinajstić information content (AvgIpc) is 3.00. The third-order valence-corrected chi connectivity index (χ3v) is 6.09. The number of rotatable bonds is 4. The Labute approximate surface area is 121 Å². The van der Waals surface area contributed by atoms with Crippen LogP contribution in [0.3, 0.4) is 0 Å². The number of hydrogen-bond donors (Lipinski definition) is 1. The molecule has 1 unspecified atom stereocenters. The summed E-state index contributed by atoms with van der Waals surface area (Å²) in [6.45, 7) is 3.11. The molecule has 2 heterocycles. The van der Waals surface area contributed by atoms with Gasteiger partial charge in [-0.05, 0) is 48.9 Å². The van der Waals surface area contributed by atoms with Gasteiger partial charge in [-0.25, -0.2) is 0 Å². The minimum atomic E-state index is 0.276. The van der Waals surface area contributed by atoms with Gasteiger partial charge in [0.25, 0.3) is 0 Å². The lowest BCUT2D eigenvalue weighted by atomic mass is 10.1. The van der Waals surface area contributed by atoms with E-state index in [1.807, 2.05) is 17.4 Å². The Morgan fingerprint density at radius 2 is 2.33 bits per heavy atom. The van der Waals surface area contributed by atoms with E-state index in [0.717, 1.165) is 11.6 Å². The first-order valence-corrected chi connectivity index (χ1v) is 8.44. The largest absolute Gasteiger partial charge is 0.305 e. The highest BCUT2D eigenvalue weighted by Crippen LogP contribution is 2.39. The van der Waals surface area contributed by atoms with E-state index < -0.39 is 0 Å². The zero-order valence-electron chi connectivity index (χ0n) is 10.3. The number of thiophene rings is 2. The lowest BCUT2D eigenvalue weighted by Gasteiger charge is -2.15. The second-order valence-corrected chi connectivity index (χ2v) is 7.10. The van der Waals surface area contributed by atoms with Crippen LogP contribution in [-0.2, 0) is 12.8 Å². The Kier molecular flexibility index (Phi) is 3.76. The van der Waals surface area contributed by atoms with Gasteiger partial charge in [-0.2, -0.15) is 0 Å². The minimum Gasteiger partial charge on any atom is -0.305 e. The summed E-state index contributed by atoms with van der Waals surface area (Å²) in [7, 11) is 0. The van der Waals surface area contributed by atoms with Crippen molar-refractivity contribution in [1.82, 2.24) is 5.32 Å². The minimum absolute atomic E-state index is 0.276. The van der Waals surface area contributed by atoms with Crippen molar-refractivity contribution in [3.8, 4) is 0 Å². The van der Waals surface area contributed by atoms with Crippen LogP contribution >= 0.6 is 34.3 Å². The van der Waals surface area contributed by atoms with Gasteiger partial charge in [0.05, 0.1) is 11.1 Å². The number of aryl methyl sites for hydroxylation is 2. The summed E-state index contributed by atoms with van der Waals surface area (Å²) >= 11 is 10.00. The van der Waals surface area contributed by atoms with Crippen molar-refractivity contribution in [3.63, 3.8) is 0 Å². The number of hydrogen-bond acceptors (Lipinski definition) is 3. The molecule has 2 aromatic rings. The van der Waals surface area contributed by atoms with E-state index in [1.165, 1.54) is 29.0 Å². The molecular weight excluding hydrogens is 282 g/mol. The van der Waals surface area contributed by atoms with Crippen molar-refractivity contribution in [2.75, 3.05) is 6.54 Å². The van der Waals surface area contributed by atoms with Crippen molar-refractivity contribution in [3.05, 3.63) is 42.7 Å². The zero-order chi connectivity index (χ0) is 12.5. The summed E-state index contributed by atoms with van der Waals surface area (Å²) in [5.74, 6) is 0. The van der Waals surface area contributed by atoms with Gasteiger partial charge < -0.3 is 5.32 Å². The second-order valence-electron chi connectivity index (χ2n) is 4.57. The summed E-state index contributed by atoms with van der Waals surface area (Å²) in [5, 5.41) is 6.53. The normalized spacial score (nSPS) is 15.9. The molecule has 0 saturated heterocycles. The first-order chi connectivity index (χ1) is 8.79. The molecule has 0 spiro atoms. The highest BCUT2D eigenvalue weighted by atomic mass is 35.5. The fourth-order valence-electron chi connectivity index (χ4n) is 2.53. The molecule has 1 N–H and O–H groups in total. The van der Waals surface area contributed by atoms with Gasteiger partial charge in [0.2, 0.25) is 0 Å². The molecule has 0 radical (unpaired) electrons. The molecule has 1 aliphatic carbocycles.